The number of rotatable bonds is 2. The molecular weight excluding hydrogens is 244 g/mol. The minimum atomic E-state index is -0.0939. The number of benzene rings is 1. The van der Waals surface area contributed by atoms with Crippen molar-refractivity contribution < 1.29 is 4.74 Å². The molecule has 0 N–H and O–H groups in total. The predicted octanol–water partition coefficient (Wildman–Crippen LogP) is 5.45. The number of aryl methyl sites for hydroxylation is 1. The molecular formula is C19H28O. The average Bonchev–Trinajstić information content (AvgIpc) is 2.47. The summed E-state index contributed by atoms with van der Waals surface area (Å²) in [5, 5.41) is 0. The summed E-state index contributed by atoms with van der Waals surface area (Å²) in [5.41, 5.74) is 4.07. The third kappa shape index (κ3) is 3.08. The van der Waals surface area contributed by atoms with E-state index < -0.39 is 0 Å². The predicted molar refractivity (Wildman–Crippen MR) is 86.5 cm³/mol. The van der Waals surface area contributed by atoms with Crippen LogP contribution in [0.5, 0.6) is 0 Å². The number of hydrogen-bond donors (Lipinski definition) is 0. The van der Waals surface area contributed by atoms with Gasteiger partial charge in [0.2, 0.25) is 0 Å². The Morgan fingerprint density at radius 2 is 1.65 bits per heavy atom. The van der Waals surface area contributed by atoms with Crippen molar-refractivity contribution in [3.63, 3.8) is 0 Å². The van der Waals surface area contributed by atoms with Crippen LogP contribution in [0, 0.1) is 11.8 Å². The third-order valence-electron chi connectivity index (χ3n) is 4.14. The fourth-order valence-electron chi connectivity index (χ4n) is 3.18. The van der Waals surface area contributed by atoms with Gasteiger partial charge in [0.15, 0.2) is 0 Å². The smallest absolute Gasteiger partial charge is 0.127 e. The van der Waals surface area contributed by atoms with Crippen LogP contribution in [0.1, 0.15) is 59.1 Å². The maximum Gasteiger partial charge on any atom is 0.127 e. The van der Waals surface area contributed by atoms with Crippen molar-refractivity contribution in [2.24, 2.45) is 11.8 Å². The largest absolute Gasteiger partial charge is 0.487 e. The first-order valence-corrected chi connectivity index (χ1v) is 7.83. The van der Waals surface area contributed by atoms with Gasteiger partial charge in [-0.1, -0.05) is 52.0 Å². The van der Waals surface area contributed by atoms with Gasteiger partial charge in [-0.25, -0.2) is 0 Å². The summed E-state index contributed by atoms with van der Waals surface area (Å²) in [6.45, 7) is 13.5. The van der Waals surface area contributed by atoms with E-state index in [0.717, 1.165) is 18.6 Å². The Hall–Kier alpha value is -1.24. The van der Waals surface area contributed by atoms with E-state index in [1.54, 1.807) is 0 Å². The zero-order valence-electron chi connectivity index (χ0n) is 13.8. The van der Waals surface area contributed by atoms with E-state index in [4.69, 9.17) is 4.74 Å². The first-order valence-electron chi connectivity index (χ1n) is 7.83. The lowest BCUT2D eigenvalue weighted by molar-refractivity contribution is 0.0699. The molecule has 0 unspecified atom stereocenters. The van der Waals surface area contributed by atoms with Crippen LogP contribution in [0.15, 0.2) is 29.8 Å². The molecule has 0 saturated heterocycles. The maximum atomic E-state index is 6.49. The molecule has 20 heavy (non-hydrogen) atoms. The lowest BCUT2D eigenvalue weighted by atomic mass is 9.88. The van der Waals surface area contributed by atoms with E-state index in [9.17, 15) is 0 Å². The summed E-state index contributed by atoms with van der Waals surface area (Å²) in [4.78, 5) is 0. The van der Waals surface area contributed by atoms with Crippen LogP contribution in [0.25, 0.3) is 5.76 Å². The second-order valence-corrected chi connectivity index (χ2v) is 7.11. The highest BCUT2D eigenvalue weighted by atomic mass is 16.5. The molecule has 1 aromatic rings. The van der Waals surface area contributed by atoms with Crippen LogP contribution in [0.2, 0.25) is 0 Å². The Morgan fingerprint density at radius 3 is 2.25 bits per heavy atom. The summed E-state index contributed by atoms with van der Waals surface area (Å²) in [5.74, 6) is 2.15. The zero-order valence-corrected chi connectivity index (χ0v) is 13.8. The molecule has 0 aliphatic carbocycles. The lowest BCUT2D eigenvalue weighted by Crippen LogP contribution is -2.23. The number of allylic oxidation sites excluding steroid dienone is 1. The Labute approximate surface area is 124 Å². The van der Waals surface area contributed by atoms with Gasteiger partial charge in [-0.3, -0.25) is 0 Å². The van der Waals surface area contributed by atoms with Crippen molar-refractivity contribution in [1.29, 1.82) is 0 Å². The molecule has 0 bridgehead atoms. The van der Waals surface area contributed by atoms with Crippen molar-refractivity contribution >= 4 is 5.76 Å². The van der Waals surface area contributed by atoms with Gasteiger partial charge in [0, 0.05) is 5.56 Å². The molecule has 0 spiro atoms. The van der Waals surface area contributed by atoms with Gasteiger partial charge in [0.25, 0.3) is 0 Å². The molecule has 1 aliphatic rings. The minimum Gasteiger partial charge on any atom is -0.487 e. The third-order valence-corrected chi connectivity index (χ3v) is 4.14. The van der Waals surface area contributed by atoms with Gasteiger partial charge in [-0.2, -0.15) is 0 Å². The summed E-state index contributed by atoms with van der Waals surface area (Å²) in [7, 11) is 0. The minimum absolute atomic E-state index is 0.0939. The highest BCUT2D eigenvalue weighted by Gasteiger charge is 2.29. The van der Waals surface area contributed by atoms with Gasteiger partial charge in [-0.05, 0) is 49.7 Å². The summed E-state index contributed by atoms with van der Waals surface area (Å²) < 4.78 is 6.49. The highest BCUT2D eigenvalue weighted by Crippen LogP contribution is 2.39. The molecule has 0 radical (unpaired) electrons. The molecule has 0 atom stereocenters. The Morgan fingerprint density at radius 1 is 1.05 bits per heavy atom. The molecule has 1 aliphatic heterocycles. The van der Waals surface area contributed by atoms with E-state index in [1.165, 1.54) is 16.7 Å². The maximum absolute atomic E-state index is 6.49. The number of ether oxygens (including phenoxy) is 1. The summed E-state index contributed by atoms with van der Waals surface area (Å²) >= 11 is 0. The van der Waals surface area contributed by atoms with Crippen LogP contribution < -0.4 is 0 Å². The highest BCUT2D eigenvalue weighted by molar-refractivity contribution is 5.67. The van der Waals surface area contributed by atoms with Crippen LogP contribution >= 0.6 is 0 Å². The van der Waals surface area contributed by atoms with Gasteiger partial charge < -0.3 is 4.74 Å². The average molecular weight is 272 g/mol. The molecule has 0 aromatic heterocycles. The van der Waals surface area contributed by atoms with E-state index in [1.807, 2.05) is 0 Å². The molecule has 110 valence electrons. The molecule has 0 amide bonds. The van der Waals surface area contributed by atoms with E-state index >= 15 is 0 Å². The van der Waals surface area contributed by atoms with Crippen molar-refractivity contribution in [2.75, 3.05) is 0 Å². The Kier molecular flexibility index (Phi) is 4.27. The monoisotopic (exact) mass is 272 g/mol. The van der Waals surface area contributed by atoms with Crippen LogP contribution in [0.4, 0.5) is 0 Å². The number of fused-ring (bicyclic) bond motifs is 1. The molecule has 0 fully saturated rings. The molecule has 1 heteroatoms. The second kappa shape index (κ2) is 5.63. The topological polar surface area (TPSA) is 9.23 Å². The van der Waals surface area contributed by atoms with Crippen molar-refractivity contribution in [3.05, 3.63) is 41.0 Å². The molecule has 1 nitrogen and oxygen atoms in total. The van der Waals surface area contributed by atoms with Crippen LogP contribution in [0.3, 0.4) is 0 Å². The van der Waals surface area contributed by atoms with Crippen molar-refractivity contribution in [2.45, 2.75) is 60.0 Å². The van der Waals surface area contributed by atoms with Gasteiger partial charge in [0.1, 0.15) is 11.4 Å². The lowest BCUT2D eigenvalue weighted by Gasteiger charge is -2.29. The van der Waals surface area contributed by atoms with E-state index in [2.05, 4.69) is 65.8 Å². The molecule has 0 saturated carbocycles. The van der Waals surface area contributed by atoms with Gasteiger partial charge in [-0.15, -0.1) is 0 Å². The second-order valence-electron chi connectivity index (χ2n) is 7.11. The van der Waals surface area contributed by atoms with E-state index in [-0.39, 0.29) is 5.60 Å². The fraction of sp³-hybridized carbons (Fsp3) is 0.579. The standard InChI is InChI=1S/C19H28O/c1-13(2)17(14(3)4)18-16-10-8-7-9-15(16)11-12-19(5,6)20-18/h7-10,13-14H,11-12H2,1-6H3. The van der Waals surface area contributed by atoms with Crippen molar-refractivity contribution in [3.8, 4) is 0 Å². The van der Waals surface area contributed by atoms with Crippen LogP contribution in [-0.4, -0.2) is 5.60 Å². The molecule has 1 heterocycles. The first kappa shape index (κ1) is 15.2. The molecule has 2 rings (SSSR count). The SMILES string of the molecule is CC(C)C(=C1OC(C)(C)CCc2ccccc21)C(C)C. The van der Waals surface area contributed by atoms with Crippen LogP contribution in [-0.2, 0) is 11.2 Å². The van der Waals surface area contributed by atoms with Crippen molar-refractivity contribution in [1.82, 2.24) is 0 Å². The normalized spacial score (nSPS) is 17.7. The van der Waals surface area contributed by atoms with Gasteiger partial charge in [0.05, 0.1) is 0 Å². The summed E-state index contributed by atoms with van der Waals surface area (Å²) in [6.07, 6.45) is 2.16. The fourth-order valence-corrected chi connectivity index (χ4v) is 3.18. The molecule has 1 aromatic carbocycles. The number of hydrogen-bond acceptors (Lipinski definition) is 1. The van der Waals surface area contributed by atoms with Gasteiger partial charge >= 0.3 is 0 Å². The Balaban J connectivity index is 2.66. The van der Waals surface area contributed by atoms with E-state index in [0.29, 0.717) is 11.8 Å². The quantitative estimate of drug-likeness (QED) is 0.695. The zero-order chi connectivity index (χ0) is 14.9. The first-order chi connectivity index (χ1) is 9.32. The Bertz CT molecular complexity index is 496. The summed E-state index contributed by atoms with van der Waals surface area (Å²) in [6, 6.07) is 8.73.